The lowest BCUT2D eigenvalue weighted by molar-refractivity contribution is 0.411. The summed E-state index contributed by atoms with van der Waals surface area (Å²) >= 11 is 5.83. The Labute approximate surface area is 82.5 Å². The molecule has 0 fully saturated rings. The van der Waals surface area contributed by atoms with Crippen molar-refractivity contribution in [2.24, 2.45) is 0 Å². The van der Waals surface area contributed by atoms with Crippen molar-refractivity contribution in [1.82, 2.24) is 9.97 Å². The minimum absolute atomic E-state index is 0.341. The van der Waals surface area contributed by atoms with Gasteiger partial charge in [-0.1, -0.05) is 11.6 Å². The van der Waals surface area contributed by atoms with Crippen LogP contribution in [0.5, 0.6) is 5.75 Å². The summed E-state index contributed by atoms with van der Waals surface area (Å²) < 4.78 is 5.10. The molecule has 4 nitrogen and oxygen atoms in total. The van der Waals surface area contributed by atoms with Crippen molar-refractivity contribution >= 4 is 17.4 Å². The van der Waals surface area contributed by atoms with Crippen LogP contribution in [0.1, 0.15) is 6.92 Å². The average Bonchev–Trinajstić information content (AvgIpc) is 2.16. The highest BCUT2D eigenvalue weighted by molar-refractivity contribution is 6.31. The van der Waals surface area contributed by atoms with Crippen LogP contribution in [0.3, 0.4) is 0 Å². The second-order valence-electron chi connectivity index (χ2n) is 2.54. The maximum Gasteiger partial charge on any atom is 0.199 e. The Morgan fingerprint density at radius 3 is 2.77 bits per heavy atom. The number of rotatable bonds is 3. The highest BCUT2D eigenvalue weighted by Crippen LogP contribution is 2.30. The molecule has 1 aromatic rings. The number of halogens is 1. The summed E-state index contributed by atoms with van der Waals surface area (Å²) in [4.78, 5) is 9.85. The van der Waals surface area contributed by atoms with Gasteiger partial charge in [0.05, 0.1) is 7.11 Å². The summed E-state index contributed by atoms with van der Waals surface area (Å²) in [6.45, 7) is 2.86. The van der Waals surface area contributed by atoms with Crippen LogP contribution < -0.4 is 9.64 Å². The molecular formula is C8H12ClN3O. The van der Waals surface area contributed by atoms with Gasteiger partial charge in [-0.15, -0.1) is 0 Å². The van der Waals surface area contributed by atoms with E-state index < -0.39 is 0 Å². The molecule has 0 aromatic carbocycles. The van der Waals surface area contributed by atoms with Crippen molar-refractivity contribution in [3.8, 4) is 5.75 Å². The van der Waals surface area contributed by atoms with E-state index in [0.29, 0.717) is 16.7 Å². The molecule has 0 atom stereocenters. The van der Waals surface area contributed by atoms with Gasteiger partial charge in [0, 0.05) is 13.6 Å². The van der Waals surface area contributed by atoms with Gasteiger partial charge in [-0.05, 0) is 6.92 Å². The monoisotopic (exact) mass is 201 g/mol. The first-order valence-electron chi connectivity index (χ1n) is 3.96. The third-order valence-electron chi connectivity index (χ3n) is 1.78. The van der Waals surface area contributed by atoms with Crippen LogP contribution in [-0.4, -0.2) is 30.7 Å². The zero-order valence-electron chi connectivity index (χ0n) is 7.91. The number of nitrogens with zero attached hydrogens (tertiary/aromatic N) is 3. The molecule has 0 N–H and O–H groups in total. The molecule has 0 saturated carbocycles. The van der Waals surface area contributed by atoms with Crippen molar-refractivity contribution in [3.05, 3.63) is 11.5 Å². The topological polar surface area (TPSA) is 38.2 Å². The Bertz CT molecular complexity index is 293. The van der Waals surface area contributed by atoms with Gasteiger partial charge in [-0.25, -0.2) is 9.97 Å². The van der Waals surface area contributed by atoms with Crippen LogP contribution in [0.2, 0.25) is 5.15 Å². The van der Waals surface area contributed by atoms with E-state index in [1.165, 1.54) is 6.33 Å². The summed E-state index contributed by atoms with van der Waals surface area (Å²) in [7, 11) is 3.47. The Balaban J connectivity index is 3.12. The third kappa shape index (κ3) is 2.01. The van der Waals surface area contributed by atoms with E-state index in [1.807, 2.05) is 18.9 Å². The van der Waals surface area contributed by atoms with Crippen LogP contribution in [0.15, 0.2) is 6.33 Å². The van der Waals surface area contributed by atoms with E-state index in [9.17, 15) is 0 Å². The van der Waals surface area contributed by atoms with Gasteiger partial charge >= 0.3 is 0 Å². The number of aromatic nitrogens is 2. The minimum Gasteiger partial charge on any atom is -0.490 e. The van der Waals surface area contributed by atoms with E-state index in [0.717, 1.165) is 6.54 Å². The molecule has 0 bridgehead atoms. The summed E-state index contributed by atoms with van der Waals surface area (Å²) in [5.74, 6) is 1.23. The molecule has 72 valence electrons. The summed E-state index contributed by atoms with van der Waals surface area (Å²) in [5.41, 5.74) is 0. The van der Waals surface area contributed by atoms with Crippen molar-refractivity contribution in [2.75, 3.05) is 25.6 Å². The highest BCUT2D eigenvalue weighted by Gasteiger charge is 2.12. The fraction of sp³-hybridized carbons (Fsp3) is 0.500. The maximum absolute atomic E-state index is 5.83. The van der Waals surface area contributed by atoms with Crippen LogP contribution >= 0.6 is 11.6 Å². The standard InChI is InChI=1S/C8H12ClN3O/c1-4-12(2)8-6(13-3)7(9)10-5-11-8/h5H,4H2,1-3H3. The van der Waals surface area contributed by atoms with Gasteiger partial charge in [0.25, 0.3) is 0 Å². The van der Waals surface area contributed by atoms with Gasteiger partial charge in [0.2, 0.25) is 0 Å². The van der Waals surface area contributed by atoms with E-state index in [4.69, 9.17) is 16.3 Å². The Morgan fingerprint density at radius 1 is 1.54 bits per heavy atom. The lowest BCUT2D eigenvalue weighted by atomic mass is 10.4. The number of hydrogen-bond donors (Lipinski definition) is 0. The molecule has 0 aliphatic carbocycles. The molecule has 0 spiro atoms. The van der Waals surface area contributed by atoms with Gasteiger partial charge in [0.1, 0.15) is 6.33 Å². The predicted molar refractivity (Wildman–Crippen MR) is 52.5 cm³/mol. The van der Waals surface area contributed by atoms with Gasteiger partial charge in [-0.3, -0.25) is 0 Å². The molecule has 0 saturated heterocycles. The Kier molecular flexibility index (Phi) is 3.31. The third-order valence-corrected chi connectivity index (χ3v) is 2.05. The molecule has 5 heteroatoms. The lowest BCUT2D eigenvalue weighted by Gasteiger charge is -2.18. The summed E-state index contributed by atoms with van der Waals surface area (Å²) in [6.07, 6.45) is 1.42. The second-order valence-corrected chi connectivity index (χ2v) is 2.89. The van der Waals surface area contributed by atoms with Gasteiger partial charge < -0.3 is 9.64 Å². The first kappa shape index (κ1) is 10.1. The summed E-state index contributed by atoms with van der Waals surface area (Å²) in [5, 5.41) is 0.341. The number of methoxy groups -OCH3 is 1. The van der Waals surface area contributed by atoms with E-state index in [-0.39, 0.29) is 0 Å². The number of hydrogen-bond acceptors (Lipinski definition) is 4. The molecule has 0 amide bonds. The van der Waals surface area contributed by atoms with Crippen LogP contribution in [0.4, 0.5) is 5.82 Å². The summed E-state index contributed by atoms with van der Waals surface area (Å²) in [6, 6.07) is 0. The normalized spacial score (nSPS) is 9.85. The minimum atomic E-state index is 0.341. The zero-order valence-corrected chi connectivity index (χ0v) is 8.67. The van der Waals surface area contributed by atoms with Crippen molar-refractivity contribution in [1.29, 1.82) is 0 Å². The van der Waals surface area contributed by atoms with Gasteiger partial charge in [0.15, 0.2) is 16.7 Å². The van der Waals surface area contributed by atoms with E-state index in [2.05, 4.69) is 9.97 Å². The highest BCUT2D eigenvalue weighted by atomic mass is 35.5. The van der Waals surface area contributed by atoms with Crippen LogP contribution in [0, 0.1) is 0 Å². The largest absolute Gasteiger partial charge is 0.490 e. The fourth-order valence-corrected chi connectivity index (χ4v) is 1.15. The Morgan fingerprint density at radius 2 is 2.23 bits per heavy atom. The molecule has 1 rings (SSSR count). The number of ether oxygens (including phenoxy) is 1. The van der Waals surface area contributed by atoms with Crippen molar-refractivity contribution < 1.29 is 4.74 Å². The van der Waals surface area contributed by atoms with E-state index in [1.54, 1.807) is 7.11 Å². The smallest absolute Gasteiger partial charge is 0.199 e. The molecule has 0 unspecified atom stereocenters. The number of anilines is 1. The maximum atomic E-state index is 5.83. The molecule has 0 radical (unpaired) electrons. The lowest BCUT2D eigenvalue weighted by Crippen LogP contribution is -2.18. The molecule has 13 heavy (non-hydrogen) atoms. The van der Waals surface area contributed by atoms with Gasteiger partial charge in [-0.2, -0.15) is 0 Å². The first-order valence-corrected chi connectivity index (χ1v) is 4.34. The second kappa shape index (κ2) is 4.28. The average molecular weight is 202 g/mol. The molecule has 0 aliphatic rings. The SMILES string of the molecule is CCN(C)c1ncnc(Cl)c1OC. The van der Waals surface area contributed by atoms with Crippen LogP contribution in [-0.2, 0) is 0 Å². The zero-order chi connectivity index (χ0) is 9.84. The fourth-order valence-electron chi connectivity index (χ4n) is 0.941. The predicted octanol–water partition coefficient (Wildman–Crippen LogP) is 1.59. The molecule has 1 aromatic heterocycles. The molecule has 0 aliphatic heterocycles. The van der Waals surface area contributed by atoms with E-state index >= 15 is 0 Å². The van der Waals surface area contributed by atoms with Crippen molar-refractivity contribution in [2.45, 2.75) is 6.92 Å². The van der Waals surface area contributed by atoms with Crippen LogP contribution in [0.25, 0.3) is 0 Å². The quantitative estimate of drug-likeness (QED) is 0.697. The molecular weight excluding hydrogens is 190 g/mol. The molecule has 1 heterocycles. The van der Waals surface area contributed by atoms with Crippen molar-refractivity contribution in [3.63, 3.8) is 0 Å². The Hall–Kier alpha value is -1.03. The first-order chi connectivity index (χ1) is 6.20.